The van der Waals surface area contributed by atoms with Crippen molar-refractivity contribution in [2.24, 2.45) is 0 Å². The SMILES string of the molecule is Cc1cc([N+](=O)[O-])cc(C(=O)N2CCN[C@H](C)C2)c1F. The summed E-state index contributed by atoms with van der Waals surface area (Å²) >= 11 is 0. The number of nitro groups is 1. The second-order valence-corrected chi connectivity index (χ2v) is 4.99. The summed E-state index contributed by atoms with van der Waals surface area (Å²) in [5.41, 5.74) is -0.396. The van der Waals surface area contributed by atoms with Gasteiger partial charge >= 0.3 is 0 Å². The Labute approximate surface area is 115 Å². The molecular weight excluding hydrogens is 265 g/mol. The smallest absolute Gasteiger partial charge is 0.270 e. The molecule has 1 N–H and O–H groups in total. The standard InChI is InChI=1S/C13H16FN3O3/c1-8-5-10(17(19)20)6-11(12(8)14)13(18)16-4-3-15-9(2)7-16/h5-6,9,15H,3-4,7H2,1-2H3/t9-/m1/s1. The summed E-state index contributed by atoms with van der Waals surface area (Å²) in [5, 5.41) is 14.0. The van der Waals surface area contributed by atoms with Gasteiger partial charge in [0.1, 0.15) is 5.82 Å². The van der Waals surface area contributed by atoms with Crippen LogP contribution in [0.5, 0.6) is 0 Å². The number of hydrogen-bond donors (Lipinski definition) is 1. The van der Waals surface area contributed by atoms with Crippen molar-refractivity contribution < 1.29 is 14.1 Å². The van der Waals surface area contributed by atoms with Crippen molar-refractivity contribution in [3.05, 3.63) is 39.2 Å². The van der Waals surface area contributed by atoms with Gasteiger partial charge in [0, 0.05) is 37.8 Å². The van der Waals surface area contributed by atoms with Crippen molar-refractivity contribution >= 4 is 11.6 Å². The number of rotatable bonds is 2. The largest absolute Gasteiger partial charge is 0.336 e. The first-order valence-corrected chi connectivity index (χ1v) is 6.37. The molecule has 1 aromatic carbocycles. The first-order chi connectivity index (χ1) is 9.40. The number of hydrogen-bond acceptors (Lipinski definition) is 4. The molecule has 2 rings (SSSR count). The van der Waals surface area contributed by atoms with Crippen LogP contribution >= 0.6 is 0 Å². The average molecular weight is 281 g/mol. The molecule has 1 aromatic rings. The van der Waals surface area contributed by atoms with Gasteiger partial charge in [-0.3, -0.25) is 14.9 Å². The number of nitrogens with zero attached hydrogens (tertiary/aromatic N) is 2. The Morgan fingerprint density at radius 3 is 2.85 bits per heavy atom. The molecule has 7 heteroatoms. The lowest BCUT2D eigenvalue weighted by Gasteiger charge is -2.32. The Hall–Kier alpha value is -2.02. The normalized spacial score (nSPS) is 18.9. The Kier molecular flexibility index (Phi) is 3.99. The van der Waals surface area contributed by atoms with Gasteiger partial charge in [0.25, 0.3) is 11.6 Å². The highest BCUT2D eigenvalue weighted by molar-refractivity contribution is 5.95. The van der Waals surface area contributed by atoms with Crippen LogP contribution in [0, 0.1) is 22.9 Å². The van der Waals surface area contributed by atoms with Crippen LogP contribution in [0.3, 0.4) is 0 Å². The maximum absolute atomic E-state index is 14.1. The molecule has 0 saturated carbocycles. The molecule has 0 aromatic heterocycles. The minimum absolute atomic E-state index is 0.103. The number of nitrogens with one attached hydrogen (secondary N) is 1. The van der Waals surface area contributed by atoms with Gasteiger partial charge in [0.15, 0.2) is 0 Å². The van der Waals surface area contributed by atoms with Gasteiger partial charge in [-0.05, 0) is 19.4 Å². The number of non-ortho nitro benzene ring substituents is 1. The maximum Gasteiger partial charge on any atom is 0.270 e. The molecule has 108 valence electrons. The minimum Gasteiger partial charge on any atom is -0.336 e. The number of amides is 1. The Balaban J connectivity index is 2.35. The number of piperazine rings is 1. The van der Waals surface area contributed by atoms with Gasteiger partial charge in [-0.2, -0.15) is 0 Å². The average Bonchev–Trinajstić information content (AvgIpc) is 2.40. The lowest BCUT2D eigenvalue weighted by Crippen LogP contribution is -2.51. The summed E-state index contributed by atoms with van der Waals surface area (Å²) in [7, 11) is 0. The number of halogens is 1. The number of carbonyl (C=O) groups excluding carboxylic acids is 1. The molecule has 6 nitrogen and oxygen atoms in total. The molecule has 0 bridgehead atoms. The first-order valence-electron chi connectivity index (χ1n) is 6.37. The topological polar surface area (TPSA) is 75.5 Å². The van der Waals surface area contributed by atoms with Crippen LogP contribution < -0.4 is 5.32 Å². The van der Waals surface area contributed by atoms with Gasteiger partial charge in [0.05, 0.1) is 10.5 Å². The zero-order chi connectivity index (χ0) is 14.9. The van der Waals surface area contributed by atoms with Crippen molar-refractivity contribution in [2.75, 3.05) is 19.6 Å². The summed E-state index contributed by atoms with van der Waals surface area (Å²) in [6, 6.07) is 2.26. The number of carbonyl (C=O) groups is 1. The summed E-state index contributed by atoms with van der Waals surface area (Å²) in [6.07, 6.45) is 0. The third-order valence-electron chi connectivity index (χ3n) is 3.34. The molecule has 1 saturated heterocycles. The molecule has 0 unspecified atom stereocenters. The van der Waals surface area contributed by atoms with Crippen LogP contribution in [0.4, 0.5) is 10.1 Å². The number of nitro benzene ring substituents is 1. The van der Waals surface area contributed by atoms with E-state index in [-0.39, 0.29) is 22.9 Å². The van der Waals surface area contributed by atoms with Crippen molar-refractivity contribution in [3.8, 4) is 0 Å². The summed E-state index contributed by atoms with van der Waals surface area (Å²) in [6.45, 7) is 4.89. The predicted octanol–water partition coefficient (Wildman–Crippen LogP) is 1.48. The maximum atomic E-state index is 14.1. The van der Waals surface area contributed by atoms with Crippen LogP contribution in [0.25, 0.3) is 0 Å². The summed E-state index contributed by atoms with van der Waals surface area (Å²) in [5.74, 6) is -1.19. The van der Waals surface area contributed by atoms with E-state index >= 15 is 0 Å². The van der Waals surface area contributed by atoms with E-state index in [9.17, 15) is 19.3 Å². The van der Waals surface area contributed by atoms with E-state index in [0.717, 1.165) is 12.1 Å². The van der Waals surface area contributed by atoms with Gasteiger partial charge in [-0.15, -0.1) is 0 Å². The molecule has 0 spiro atoms. The highest BCUT2D eigenvalue weighted by Crippen LogP contribution is 2.22. The predicted molar refractivity (Wildman–Crippen MR) is 71.2 cm³/mol. The van der Waals surface area contributed by atoms with E-state index < -0.39 is 16.6 Å². The van der Waals surface area contributed by atoms with Crippen LogP contribution in [0.2, 0.25) is 0 Å². The lowest BCUT2D eigenvalue weighted by atomic mass is 10.1. The summed E-state index contributed by atoms with van der Waals surface area (Å²) in [4.78, 5) is 24.0. The van der Waals surface area contributed by atoms with E-state index in [2.05, 4.69) is 5.32 Å². The lowest BCUT2D eigenvalue weighted by molar-refractivity contribution is -0.385. The van der Waals surface area contributed by atoms with E-state index in [1.165, 1.54) is 11.8 Å². The second kappa shape index (κ2) is 5.54. The van der Waals surface area contributed by atoms with Crippen molar-refractivity contribution in [1.82, 2.24) is 10.2 Å². The molecule has 1 heterocycles. The van der Waals surface area contributed by atoms with E-state index in [1.807, 2.05) is 6.92 Å². The van der Waals surface area contributed by atoms with Gasteiger partial charge in [-0.1, -0.05) is 0 Å². The van der Waals surface area contributed by atoms with Gasteiger partial charge in [-0.25, -0.2) is 4.39 Å². The first kappa shape index (κ1) is 14.4. The minimum atomic E-state index is -0.688. The van der Waals surface area contributed by atoms with Crippen LogP contribution in [-0.4, -0.2) is 41.4 Å². The fraction of sp³-hybridized carbons (Fsp3) is 0.462. The molecule has 0 radical (unpaired) electrons. The Bertz CT molecular complexity index is 562. The highest BCUT2D eigenvalue weighted by atomic mass is 19.1. The monoisotopic (exact) mass is 281 g/mol. The fourth-order valence-electron chi connectivity index (χ4n) is 2.30. The molecule has 20 heavy (non-hydrogen) atoms. The van der Waals surface area contributed by atoms with Crippen molar-refractivity contribution in [1.29, 1.82) is 0 Å². The molecule has 1 amide bonds. The van der Waals surface area contributed by atoms with Crippen LogP contribution in [-0.2, 0) is 0 Å². The van der Waals surface area contributed by atoms with E-state index in [1.54, 1.807) is 0 Å². The molecule has 1 fully saturated rings. The Morgan fingerprint density at radius 2 is 2.25 bits per heavy atom. The van der Waals surface area contributed by atoms with Crippen molar-refractivity contribution in [2.45, 2.75) is 19.9 Å². The zero-order valence-electron chi connectivity index (χ0n) is 11.4. The van der Waals surface area contributed by atoms with Gasteiger partial charge < -0.3 is 10.2 Å². The van der Waals surface area contributed by atoms with Crippen LogP contribution in [0.15, 0.2) is 12.1 Å². The Morgan fingerprint density at radius 1 is 1.55 bits per heavy atom. The second-order valence-electron chi connectivity index (χ2n) is 4.99. The number of benzene rings is 1. The van der Waals surface area contributed by atoms with Crippen molar-refractivity contribution in [3.63, 3.8) is 0 Å². The molecule has 0 aliphatic carbocycles. The highest BCUT2D eigenvalue weighted by Gasteiger charge is 2.26. The molecule has 1 aliphatic rings. The number of aryl methyl sites for hydroxylation is 1. The molecule has 1 aliphatic heterocycles. The summed E-state index contributed by atoms with van der Waals surface area (Å²) < 4.78 is 14.1. The van der Waals surface area contributed by atoms with Gasteiger partial charge in [0.2, 0.25) is 0 Å². The van der Waals surface area contributed by atoms with Crippen LogP contribution in [0.1, 0.15) is 22.8 Å². The molecular formula is C13H16FN3O3. The molecule has 1 atom stereocenters. The van der Waals surface area contributed by atoms with E-state index in [0.29, 0.717) is 19.6 Å². The third kappa shape index (κ3) is 2.77. The third-order valence-corrected chi connectivity index (χ3v) is 3.34. The quantitative estimate of drug-likeness (QED) is 0.658. The zero-order valence-corrected chi connectivity index (χ0v) is 11.4. The van der Waals surface area contributed by atoms with E-state index in [4.69, 9.17) is 0 Å². The fourth-order valence-corrected chi connectivity index (χ4v) is 2.30.